The average Bonchev–Trinajstić information content (AvgIpc) is 2.77. The molecule has 2 rings (SSSR count). The van der Waals surface area contributed by atoms with Crippen LogP contribution in [0, 0.1) is 13.8 Å². The second-order valence-corrected chi connectivity index (χ2v) is 4.94. The number of anilines is 2. The summed E-state index contributed by atoms with van der Waals surface area (Å²) in [6.07, 6.45) is 3.06. The zero-order valence-electron chi connectivity index (χ0n) is 12.5. The van der Waals surface area contributed by atoms with E-state index in [1.54, 1.807) is 0 Å². The smallest absolute Gasteiger partial charge is 0.207 e. The van der Waals surface area contributed by atoms with E-state index < -0.39 is 0 Å². The highest BCUT2D eigenvalue weighted by molar-refractivity contribution is 5.54. The fourth-order valence-corrected chi connectivity index (χ4v) is 2.06. The van der Waals surface area contributed by atoms with Crippen molar-refractivity contribution in [2.75, 3.05) is 18.5 Å². The lowest BCUT2D eigenvalue weighted by atomic mass is 10.2. The number of aromatic nitrogens is 2. The molecule has 4 nitrogen and oxygen atoms in total. The Morgan fingerprint density at radius 3 is 2.65 bits per heavy atom. The monoisotopic (exact) mass is 273 g/mol. The molecule has 1 heterocycles. The Morgan fingerprint density at radius 2 is 1.95 bits per heavy atom. The van der Waals surface area contributed by atoms with Gasteiger partial charge in [-0.1, -0.05) is 17.7 Å². The number of imidazole rings is 1. The molecule has 0 aliphatic carbocycles. The van der Waals surface area contributed by atoms with Gasteiger partial charge in [-0.05, 0) is 39.3 Å². The van der Waals surface area contributed by atoms with Crippen molar-refractivity contribution < 1.29 is 4.74 Å². The minimum atomic E-state index is 0.775. The van der Waals surface area contributed by atoms with Crippen LogP contribution in [0.25, 0.3) is 0 Å². The Hall–Kier alpha value is -1.81. The molecule has 0 aliphatic rings. The number of hydrogen-bond acceptors (Lipinski definition) is 3. The third-order valence-corrected chi connectivity index (χ3v) is 3.10. The summed E-state index contributed by atoms with van der Waals surface area (Å²) >= 11 is 0. The summed E-state index contributed by atoms with van der Waals surface area (Å²) in [6, 6.07) is 8.34. The van der Waals surface area contributed by atoms with Gasteiger partial charge in [-0.2, -0.15) is 0 Å². The number of aryl methyl sites for hydroxylation is 3. The van der Waals surface area contributed by atoms with E-state index in [2.05, 4.69) is 52.3 Å². The Kier molecular flexibility index (Phi) is 5.18. The van der Waals surface area contributed by atoms with Crippen molar-refractivity contribution in [1.29, 1.82) is 0 Å². The molecule has 0 saturated heterocycles. The molecule has 108 valence electrons. The highest BCUT2D eigenvalue weighted by atomic mass is 16.5. The van der Waals surface area contributed by atoms with Gasteiger partial charge in [0.25, 0.3) is 0 Å². The number of ether oxygens (including phenoxy) is 1. The Morgan fingerprint density at radius 1 is 1.20 bits per heavy atom. The molecule has 1 N–H and O–H groups in total. The van der Waals surface area contributed by atoms with Crippen molar-refractivity contribution in [3.63, 3.8) is 0 Å². The second-order valence-electron chi connectivity index (χ2n) is 4.94. The molecule has 0 fully saturated rings. The molecule has 0 unspecified atom stereocenters. The van der Waals surface area contributed by atoms with E-state index in [4.69, 9.17) is 4.74 Å². The lowest BCUT2D eigenvalue weighted by Gasteiger charge is -2.10. The highest BCUT2D eigenvalue weighted by Crippen LogP contribution is 2.17. The van der Waals surface area contributed by atoms with Crippen LogP contribution < -0.4 is 5.32 Å². The summed E-state index contributed by atoms with van der Waals surface area (Å²) in [4.78, 5) is 4.54. The summed E-state index contributed by atoms with van der Waals surface area (Å²) in [5.41, 5.74) is 3.34. The van der Waals surface area contributed by atoms with Crippen molar-refractivity contribution in [3.05, 3.63) is 41.7 Å². The van der Waals surface area contributed by atoms with E-state index >= 15 is 0 Å². The first-order valence-electron chi connectivity index (χ1n) is 7.14. The fourth-order valence-electron chi connectivity index (χ4n) is 2.06. The van der Waals surface area contributed by atoms with E-state index in [0.29, 0.717) is 0 Å². The maximum Gasteiger partial charge on any atom is 0.207 e. The van der Waals surface area contributed by atoms with Crippen LogP contribution in [0.5, 0.6) is 0 Å². The van der Waals surface area contributed by atoms with Crippen LogP contribution in [0.2, 0.25) is 0 Å². The van der Waals surface area contributed by atoms with E-state index in [1.807, 2.05) is 13.8 Å². The summed E-state index contributed by atoms with van der Waals surface area (Å²) in [5.74, 6) is 0.892. The molecule has 0 saturated carbocycles. The minimum absolute atomic E-state index is 0.775. The zero-order valence-corrected chi connectivity index (χ0v) is 12.5. The molecule has 1 aromatic heterocycles. The first-order valence-corrected chi connectivity index (χ1v) is 7.14. The van der Waals surface area contributed by atoms with Gasteiger partial charge in [-0.25, -0.2) is 4.98 Å². The zero-order chi connectivity index (χ0) is 14.4. The third-order valence-electron chi connectivity index (χ3n) is 3.10. The molecule has 4 heteroatoms. The molecular weight excluding hydrogens is 250 g/mol. The first kappa shape index (κ1) is 14.6. The maximum atomic E-state index is 5.38. The molecule has 0 radical (unpaired) electrons. The lowest BCUT2D eigenvalue weighted by Crippen LogP contribution is -2.05. The van der Waals surface area contributed by atoms with E-state index in [-0.39, 0.29) is 0 Å². The van der Waals surface area contributed by atoms with Gasteiger partial charge < -0.3 is 14.6 Å². The van der Waals surface area contributed by atoms with Gasteiger partial charge in [0, 0.05) is 31.6 Å². The molecule has 0 spiro atoms. The van der Waals surface area contributed by atoms with Crippen molar-refractivity contribution in [3.8, 4) is 0 Å². The molecule has 20 heavy (non-hydrogen) atoms. The van der Waals surface area contributed by atoms with E-state index in [9.17, 15) is 0 Å². The van der Waals surface area contributed by atoms with Crippen LogP contribution >= 0.6 is 0 Å². The largest absolute Gasteiger partial charge is 0.382 e. The molecule has 0 bridgehead atoms. The van der Waals surface area contributed by atoms with Crippen LogP contribution in [0.4, 0.5) is 11.6 Å². The standard InChI is InChI=1S/C16H23N3O/c1-4-20-11-5-10-19-12-14(3)17-16(19)18-15-8-6-13(2)7-9-15/h6-9,12H,4-5,10-11H2,1-3H3,(H,17,18). The summed E-state index contributed by atoms with van der Waals surface area (Å²) in [7, 11) is 0. The summed E-state index contributed by atoms with van der Waals surface area (Å²) < 4.78 is 7.53. The lowest BCUT2D eigenvalue weighted by molar-refractivity contribution is 0.142. The normalized spacial score (nSPS) is 10.8. The molecular formula is C16H23N3O. The van der Waals surface area contributed by atoms with Gasteiger partial charge in [0.05, 0.1) is 5.69 Å². The van der Waals surface area contributed by atoms with Crippen LogP contribution in [-0.2, 0) is 11.3 Å². The Balaban J connectivity index is 2.01. The number of hydrogen-bond donors (Lipinski definition) is 1. The predicted molar refractivity (Wildman–Crippen MR) is 82.5 cm³/mol. The topological polar surface area (TPSA) is 39.1 Å². The van der Waals surface area contributed by atoms with Crippen molar-refractivity contribution in [1.82, 2.24) is 9.55 Å². The molecule has 0 amide bonds. The van der Waals surface area contributed by atoms with Gasteiger partial charge in [-0.3, -0.25) is 0 Å². The van der Waals surface area contributed by atoms with Gasteiger partial charge >= 0.3 is 0 Å². The summed E-state index contributed by atoms with van der Waals surface area (Å²) in [6.45, 7) is 8.60. The van der Waals surface area contributed by atoms with Crippen LogP contribution in [-0.4, -0.2) is 22.8 Å². The second kappa shape index (κ2) is 7.10. The SMILES string of the molecule is CCOCCCn1cc(C)nc1Nc1ccc(C)cc1. The molecule has 0 aliphatic heterocycles. The van der Waals surface area contributed by atoms with Crippen LogP contribution in [0.1, 0.15) is 24.6 Å². The quantitative estimate of drug-likeness (QED) is 0.782. The number of nitrogens with zero attached hydrogens (tertiary/aromatic N) is 2. The Bertz CT molecular complexity index is 531. The third kappa shape index (κ3) is 4.10. The summed E-state index contributed by atoms with van der Waals surface area (Å²) in [5, 5.41) is 3.37. The van der Waals surface area contributed by atoms with Crippen LogP contribution in [0.3, 0.4) is 0 Å². The maximum absolute atomic E-state index is 5.38. The van der Waals surface area contributed by atoms with Crippen LogP contribution in [0.15, 0.2) is 30.5 Å². The fraction of sp³-hybridized carbons (Fsp3) is 0.438. The average molecular weight is 273 g/mol. The van der Waals surface area contributed by atoms with Gasteiger partial charge in [0.2, 0.25) is 5.95 Å². The first-order chi connectivity index (χ1) is 9.69. The van der Waals surface area contributed by atoms with Crippen molar-refractivity contribution in [2.24, 2.45) is 0 Å². The van der Waals surface area contributed by atoms with Crippen molar-refractivity contribution >= 4 is 11.6 Å². The van der Waals surface area contributed by atoms with Crippen molar-refractivity contribution in [2.45, 2.75) is 33.7 Å². The van der Waals surface area contributed by atoms with Gasteiger partial charge in [0.1, 0.15) is 0 Å². The highest BCUT2D eigenvalue weighted by Gasteiger charge is 2.05. The van der Waals surface area contributed by atoms with Gasteiger partial charge in [-0.15, -0.1) is 0 Å². The Labute approximate surface area is 120 Å². The van der Waals surface area contributed by atoms with E-state index in [0.717, 1.165) is 43.5 Å². The van der Waals surface area contributed by atoms with Gasteiger partial charge in [0.15, 0.2) is 0 Å². The minimum Gasteiger partial charge on any atom is -0.382 e. The van der Waals surface area contributed by atoms with E-state index in [1.165, 1.54) is 5.56 Å². The molecule has 2 aromatic rings. The molecule has 0 atom stereocenters. The number of nitrogens with one attached hydrogen (secondary N) is 1. The predicted octanol–water partition coefficient (Wildman–Crippen LogP) is 3.67. The molecule has 1 aromatic carbocycles. The number of rotatable bonds is 7. The number of benzene rings is 1.